The highest BCUT2D eigenvalue weighted by molar-refractivity contribution is 5.78. The van der Waals surface area contributed by atoms with E-state index in [0.717, 1.165) is 0 Å². The Hall–Kier alpha value is -1.82. The highest BCUT2D eigenvalue weighted by atomic mass is 14.3. The third-order valence-electron chi connectivity index (χ3n) is 3.64. The van der Waals surface area contributed by atoms with Crippen LogP contribution in [-0.2, 0) is 0 Å². The first-order chi connectivity index (χ1) is 8.63. The van der Waals surface area contributed by atoms with Crippen LogP contribution >= 0.6 is 0 Å². The second-order valence-corrected chi connectivity index (χ2v) is 5.39. The van der Waals surface area contributed by atoms with Crippen molar-refractivity contribution in [3.8, 4) is 0 Å². The predicted octanol–water partition coefficient (Wildman–Crippen LogP) is 4.76. The lowest BCUT2D eigenvalue weighted by Gasteiger charge is -2.20. The van der Waals surface area contributed by atoms with Gasteiger partial charge in [-0.1, -0.05) is 65.3 Å². The van der Waals surface area contributed by atoms with Gasteiger partial charge in [0.15, 0.2) is 0 Å². The lowest BCUT2D eigenvalue weighted by atomic mass is 9.84. The zero-order chi connectivity index (χ0) is 12.7. The lowest BCUT2D eigenvalue weighted by molar-refractivity contribution is 1.04. The monoisotopic (exact) mass is 234 g/mol. The summed E-state index contributed by atoms with van der Waals surface area (Å²) >= 11 is 0. The molecule has 1 aromatic carbocycles. The molecule has 0 N–H and O–H groups in total. The molecule has 0 aromatic heterocycles. The van der Waals surface area contributed by atoms with Crippen LogP contribution in [0, 0.1) is 19.8 Å². The maximum Gasteiger partial charge on any atom is 0.0281 e. The molecule has 0 saturated carbocycles. The minimum Gasteiger partial charge on any atom is -0.0697 e. The number of allylic oxidation sites excluding steroid dienone is 8. The summed E-state index contributed by atoms with van der Waals surface area (Å²) in [5.41, 5.74) is 8.25. The Balaban J connectivity index is 2.09. The third kappa shape index (κ3) is 1.88. The highest BCUT2D eigenvalue weighted by Gasteiger charge is 2.22. The van der Waals surface area contributed by atoms with Crippen LogP contribution in [0.25, 0.3) is 5.57 Å². The van der Waals surface area contributed by atoms with Crippen LogP contribution in [0.5, 0.6) is 0 Å². The summed E-state index contributed by atoms with van der Waals surface area (Å²) < 4.78 is 0. The zero-order valence-corrected chi connectivity index (χ0v) is 11.2. The second kappa shape index (κ2) is 4.13. The van der Waals surface area contributed by atoms with E-state index in [4.69, 9.17) is 0 Å². The first kappa shape index (κ1) is 11.3. The normalized spacial score (nSPS) is 21.3. The van der Waals surface area contributed by atoms with E-state index in [1.54, 1.807) is 0 Å². The van der Waals surface area contributed by atoms with Crippen molar-refractivity contribution >= 4 is 5.57 Å². The summed E-state index contributed by atoms with van der Waals surface area (Å²) in [5.74, 6) is 0.455. The summed E-state index contributed by atoms with van der Waals surface area (Å²) in [5, 5.41) is 0. The van der Waals surface area contributed by atoms with E-state index in [-0.39, 0.29) is 0 Å². The molecule has 1 aromatic rings. The van der Waals surface area contributed by atoms with Crippen molar-refractivity contribution in [1.82, 2.24) is 0 Å². The zero-order valence-electron chi connectivity index (χ0n) is 11.2. The fraction of sp³-hybridized carbons (Fsp3) is 0.222. The molecule has 0 saturated heterocycles. The van der Waals surface area contributed by atoms with Gasteiger partial charge in [0.05, 0.1) is 0 Å². The molecule has 0 heteroatoms. The van der Waals surface area contributed by atoms with Gasteiger partial charge in [0.2, 0.25) is 0 Å². The Kier molecular flexibility index (Phi) is 2.59. The van der Waals surface area contributed by atoms with Gasteiger partial charge in [-0.2, -0.15) is 0 Å². The van der Waals surface area contributed by atoms with Gasteiger partial charge in [0.1, 0.15) is 0 Å². The van der Waals surface area contributed by atoms with E-state index >= 15 is 0 Å². The van der Waals surface area contributed by atoms with Crippen LogP contribution in [0.4, 0.5) is 0 Å². The van der Waals surface area contributed by atoms with Crippen molar-refractivity contribution in [3.63, 3.8) is 0 Å². The Morgan fingerprint density at radius 2 is 1.67 bits per heavy atom. The third-order valence-corrected chi connectivity index (χ3v) is 3.64. The maximum atomic E-state index is 2.36. The summed E-state index contributed by atoms with van der Waals surface area (Å²) in [4.78, 5) is 0. The largest absolute Gasteiger partial charge is 0.0697 e. The van der Waals surface area contributed by atoms with Crippen LogP contribution in [0.1, 0.15) is 23.6 Å². The second-order valence-electron chi connectivity index (χ2n) is 5.39. The lowest BCUT2D eigenvalue weighted by Crippen LogP contribution is -2.04. The van der Waals surface area contributed by atoms with Crippen molar-refractivity contribution in [2.24, 2.45) is 5.92 Å². The summed E-state index contributed by atoms with van der Waals surface area (Å²) in [6.07, 6.45) is 11.3. The van der Waals surface area contributed by atoms with Crippen molar-refractivity contribution in [1.29, 1.82) is 0 Å². The van der Waals surface area contributed by atoms with Gasteiger partial charge >= 0.3 is 0 Å². The number of rotatable bonds is 1. The minimum atomic E-state index is 0.455. The van der Waals surface area contributed by atoms with Gasteiger partial charge in [0, 0.05) is 5.92 Å². The van der Waals surface area contributed by atoms with E-state index in [1.165, 1.54) is 33.4 Å². The van der Waals surface area contributed by atoms with E-state index in [1.807, 2.05) is 0 Å². The van der Waals surface area contributed by atoms with E-state index in [2.05, 4.69) is 69.4 Å². The van der Waals surface area contributed by atoms with Crippen LogP contribution in [0.15, 0.2) is 59.7 Å². The van der Waals surface area contributed by atoms with Gasteiger partial charge < -0.3 is 0 Å². The topological polar surface area (TPSA) is 0 Å². The van der Waals surface area contributed by atoms with E-state index in [0.29, 0.717) is 5.92 Å². The molecule has 0 radical (unpaired) electrons. The van der Waals surface area contributed by atoms with Gasteiger partial charge in [-0.05, 0) is 37.5 Å². The van der Waals surface area contributed by atoms with E-state index < -0.39 is 0 Å². The molecular weight excluding hydrogens is 216 g/mol. The molecule has 0 amide bonds. The smallest absolute Gasteiger partial charge is 0.0281 e. The predicted molar refractivity (Wildman–Crippen MR) is 78.4 cm³/mol. The Morgan fingerprint density at radius 1 is 0.944 bits per heavy atom. The van der Waals surface area contributed by atoms with Crippen LogP contribution in [0.2, 0.25) is 0 Å². The standard InChI is InChI=1S/C18H18/c1-12-7-13(2)10-16(9-12)17-6-4-5-15-8-14(3)11-18(15)17/h4-11,18H,1-3H3. The van der Waals surface area contributed by atoms with Crippen LogP contribution < -0.4 is 0 Å². The highest BCUT2D eigenvalue weighted by Crippen LogP contribution is 2.39. The molecule has 3 rings (SSSR count). The number of fused-ring (bicyclic) bond motifs is 1. The molecule has 0 spiro atoms. The molecular formula is C18H18. The molecule has 90 valence electrons. The average molecular weight is 234 g/mol. The SMILES string of the molecule is CC1=CC2C(=C1)C=CC=C2c1cc(C)cc(C)c1. The number of hydrogen-bond acceptors (Lipinski definition) is 0. The van der Waals surface area contributed by atoms with Crippen molar-refractivity contribution < 1.29 is 0 Å². The Labute approximate surface area is 109 Å². The summed E-state index contributed by atoms with van der Waals surface area (Å²) in [6.45, 7) is 6.52. The van der Waals surface area contributed by atoms with Gasteiger partial charge in [0.25, 0.3) is 0 Å². The molecule has 18 heavy (non-hydrogen) atoms. The summed E-state index contributed by atoms with van der Waals surface area (Å²) in [6, 6.07) is 6.81. The molecule has 1 atom stereocenters. The Morgan fingerprint density at radius 3 is 2.39 bits per heavy atom. The van der Waals surface area contributed by atoms with Crippen molar-refractivity contribution in [2.75, 3.05) is 0 Å². The quantitative estimate of drug-likeness (QED) is 0.657. The van der Waals surface area contributed by atoms with Crippen LogP contribution in [-0.4, -0.2) is 0 Å². The van der Waals surface area contributed by atoms with Gasteiger partial charge in [-0.15, -0.1) is 0 Å². The van der Waals surface area contributed by atoms with Gasteiger partial charge in [-0.3, -0.25) is 0 Å². The fourth-order valence-electron chi connectivity index (χ4n) is 2.96. The minimum absolute atomic E-state index is 0.455. The average Bonchev–Trinajstić information content (AvgIpc) is 2.67. The molecule has 2 aliphatic rings. The first-order valence-corrected chi connectivity index (χ1v) is 6.50. The van der Waals surface area contributed by atoms with Gasteiger partial charge in [-0.25, -0.2) is 0 Å². The Bertz CT molecular complexity index is 601. The molecule has 0 nitrogen and oxygen atoms in total. The molecule has 0 aliphatic heterocycles. The number of aryl methyl sites for hydroxylation is 2. The molecule has 0 heterocycles. The fourth-order valence-corrected chi connectivity index (χ4v) is 2.96. The molecule has 1 unspecified atom stereocenters. The van der Waals surface area contributed by atoms with Crippen molar-refractivity contribution in [2.45, 2.75) is 20.8 Å². The molecule has 0 fully saturated rings. The van der Waals surface area contributed by atoms with Crippen molar-refractivity contribution in [3.05, 3.63) is 76.4 Å². The maximum absolute atomic E-state index is 2.36. The number of benzene rings is 1. The molecule has 0 bridgehead atoms. The number of hydrogen-bond donors (Lipinski definition) is 0. The summed E-state index contributed by atoms with van der Waals surface area (Å²) in [7, 11) is 0. The molecule has 2 aliphatic carbocycles. The first-order valence-electron chi connectivity index (χ1n) is 6.50. The van der Waals surface area contributed by atoms with Crippen LogP contribution in [0.3, 0.4) is 0 Å². The van der Waals surface area contributed by atoms with E-state index in [9.17, 15) is 0 Å².